The lowest BCUT2D eigenvalue weighted by atomic mass is 10.1. The van der Waals surface area contributed by atoms with Crippen molar-refractivity contribution < 1.29 is 4.74 Å². The number of para-hydroxylation sites is 1. The van der Waals surface area contributed by atoms with Gasteiger partial charge in [-0.1, -0.05) is 19.1 Å². The van der Waals surface area contributed by atoms with Crippen LogP contribution in [0.5, 0.6) is 5.75 Å². The van der Waals surface area contributed by atoms with Gasteiger partial charge in [0, 0.05) is 24.3 Å². The number of hydrazine groups is 1. The molecule has 1 atom stereocenters. The predicted octanol–water partition coefficient (Wildman–Crippen LogP) is 3.04. The second-order valence-electron chi connectivity index (χ2n) is 5.50. The first-order chi connectivity index (χ1) is 10.8. The average Bonchev–Trinajstić information content (AvgIpc) is 2.99. The summed E-state index contributed by atoms with van der Waals surface area (Å²) < 4.78 is 5.84. The molecule has 1 unspecified atom stereocenters. The molecule has 2 aromatic rings. The molecule has 0 amide bonds. The summed E-state index contributed by atoms with van der Waals surface area (Å²) in [6.45, 7) is 5.95. The van der Waals surface area contributed by atoms with Gasteiger partial charge in [0.05, 0.1) is 12.3 Å². The maximum atomic E-state index is 5.84. The molecule has 116 valence electrons. The number of rotatable bonds is 5. The topological polar surface area (TPSA) is 50.3 Å². The number of aromatic nitrogens is 2. The lowest BCUT2D eigenvalue weighted by Gasteiger charge is -2.21. The molecule has 1 fully saturated rings. The molecule has 5 heteroatoms. The zero-order valence-corrected chi connectivity index (χ0v) is 13.1. The van der Waals surface area contributed by atoms with Gasteiger partial charge in [-0.2, -0.15) is 0 Å². The average molecular weight is 298 g/mol. The smallest absolute Gasteiger partial charge is 0.240 e. The summed E-state index contributed by atoms with van der Waals surface area (Å²) in [7, 11) is 0. The van der Waals surface area contributed by atoms with Gasteiger partial charge in [-0.05, 0) is 38.0 Å². The van der Waals surface area contributed by atoms with Crippen LogP contribution in [0, 0.1) is 0 Å². The van der Waals surface area contributed by atoms with Crippen molar-refractivity contribution >= 4 is 5.95 Å². The highest BCUT2D eigenvalue weighted by atomic mass is 16.5. The minimum absolute atomic E-state index is 0.404. The van der Waals surface area contributed by atoms with Crippen LogP contribution in [0.2, 0.25) is 0 Å². The van der Waals surface area contributed by atoms with Crippen LogP contribution in [-0.2, 0) is 0 Å². The summed E-state index contributed by atoms with van der Waals surface area (Å²) in [6.07, 6.45) is 3.89. The quantitative estimate of drug-likeness (QED) is 0.919. The molecule has 1 N–H and O–H groups in total. The van der Waals surface area contributed by atoms with Gasteiger partial charge in [-0.25, -0.2) is 15.4 Å². The molecule has 0 bridgehead atoms. The second kappa shape index (κ2) is 6.75. The molecular weight excluding hydrogens is 276 g/mol. The van der Waals surface area contributed by atoms with Crippen LogP contribution in [0.4, 0.5) is 5.95 Å². The van der Waals surface area contributed by atoms with Gasteiger partial charge in [0.2, 0.25) is 5.95 Å². The number of benzene rings is 1. The fourth-order valence-corrected chi connectivity index (χ4v) is 2.58. The largest absolute Gasteiger partial charge is 0.493 e. The third-order valence-corrected chi connectivity index (χ3v) is 3.77. The Labute approximate surface area is 131 Å². The first-order valence-corrected chi connectivity index (χ1v) is 7.87. The number of nitrogens with one attached hydrogen (secondary N) is 1. The van der Waals surface area contributed by atoms with E-state index in [0.29, 0.717) is 18.6 Å². The lowest BCUT2D eigenvalue weighted by Crippen LogP contribution is -2.37. The first-order valence-electron chi connectivity index (χ1n) is 7.87. The molecule has 22 heavy (non-hydrogen) atoms. The number of ether oxygens (including phenoxy) is 1. The standard InChI is InChI=1S/C17H22N4O/c1-3-12-22-16-7-5-4-6-14(16)15-9-10-18-17(20-15)21-13(2)8-11-19-21/h4-7,9-10,13,19H,3,8,11-12H2,1-2H3. The molecule has 5 nitrogen and oxygen atoms in total. The fraction of sp³-hybridized carbons (Fsp3) is 0.412. The second-order valence-corrected chi connectivity index (χ2v) is 5.50. The van der Waals surface area contributed by atoms with E-state index in [1.54, 1.807) is 6.20 Å². The van der Waals surface area contributed by atoms with E-state index in [9.17, 15) is 0 Å². The summed E-state index contributed by atoms with van der Waals surface area (Å²) in [5.41, 5.74) is 5.22. The maximum Gasteiger partial charge on any atom is 0.240 e. The van der Waals surface area contributed by atoms with E-state index >= 15 is 0 Å². The minimum atomic E-state index is 0.404. The number of nitrogens with zero attached hydrogens (tertiary/aromatic N) is 3. The Morgan fingerprint density at radius 2 is 2.18 bits per heavy atom. The highest BCUT2D eigenvalue weighted by Crippen LogP contribution is 2.29. The molecule has 1 aromatic carbocycles. The third-order valence-electron chi connectivity index (χ3n) is 3.77. The molecule has 0 aliphatic carbocycles. The van der Waals surface area contributed by atoms with Gasteiger partial charge < -0.3 is 4.74 Å². The van der Waals surface area contributed by atoms with E-state index in [1.807, 2.05) is 35.3 Å². The lowest BCUT2D eigenvalue weighted by molar-refractivity contribution is 0.318. The Morgan fingerprint density at radius 1 is 1.32 bits per heavy atom. The van der Waals surface area contributed by atoms with Crippen LogP contribution in [0.1, 0.15) is 26.7 Å². The monoisotopic (exact) mass is 298 g/mol. The number of hydrogen-bond acceptors (Lipinski definition) is 5. The molecule has 0 spiro atoms. The maximum absolute atomic E-state index is 5.84. The molecular formula is C17H22N4O. The number of anilines is 1. The summed E-state index contributed by atoms with van der Waals surface area (Å²) in [5, 5.41) is 2.04. The summed E-state index contributed by atoms with van der Waals surface area (Å²) in [6, 6.07) is 10.4. The van der Waals surface area contributed by atoms with E-state index in [1.165, 1.54) is 0 Å². The van der Waals surface area contributed by atoms with Crippen molar-refractivity contribution in [2.75, 3.05) is 18.2 Å². The molecule has 1 saturated heterocycles. The summed E-state index contributed by atoms with van der Waals surface area (Å²) in [4.78, 5) is 9.12. The van der Waals surface area contributed by atoms with Crippen LogP contribution in [-0.4, -0.2) is 29.2 Å². The van der Waals surface area contributed by atoms with E-state index in [2.05, 4.69) is 24.3 Å². The Morgan fingerprint density at radius 3 is 2.95 bits per heavy atom. The SMILES string of the molecule is CCCOc1ccccc1-c1ccnc(N2NCCC2C)n1. The van der Waals surface area contributed by atoms with Gasteiger partial charge >= 0.3 is 0 Å². The Kier molecular flexibility index (Phi) is 4.53. The van der Waals surface area contributed by atoms with Crippen LogP contribution >= 0.6 is 0 Å². The van der Waals surface area contributed by atoms with Crippen molar-refractivity contribution in [2.45, 2.75) is 32.7 Å². The zero-order valence-electron chi connectivity index (χ0n) is 13.1. The minimum Gasteiger partial charge on any atom is -0.493 e. The van der Waals surface area contributed by atoms with Crippen LogP contribution in [0.3, 0.4) is 0 Å². The van der Waals surface area contributed by atoms with Crippen molar-refractivity contribution in [3.63, 3.8) is 0 Å². The summed E-state index contributed by atoms with van der Waals surface area (Å²) in [5.74, 6) is 1.59. The van der Waals surface area contributed by atoms with Crippen molar-refractivity contribution in [1.29, 1.82) is 0 Å². The Hall–Kier alpha value is -2.14. The van der Waals surface area contributed by atoms with E-state index in [0.717, 1.165) is 36.4 Å². The van der Waals surface area contributed by atoms with Gasteiger partial charge in [0.15, 0.2) is 0 Å². The molecule has 2 heterocycles. The fourth-order valence-electron chi connectivity index (χ4n) is 2.58. The van der Waals surface area contributed by atoms with Gasteiger partial charge in [-0.15, -0.1) is 0 Å². The predicted molar refractivity (Wildman–Crippen MR) is 87.8 cm³/mol. The van der Waals surface area contributed by atoms with Crippen molar-refractivity contribution in [2.24, 2.45) is 0 Å². The van der Waals surface area contributed by atoms with Crippen molar-refractivity contribution in [3.05, 3.63) is 36.5 Å². The Bertz CT molecular complexity index is 632. The zero-order chi connectivity index (χ0) is 15.4. The van der Waals surface area contributed by atoms with Crippen LogP contribution < -0.4 is 15.2 Å². The highest BCUT2D eigenvalue weighted by Gasteiger charge is 2.23. The van der Waals surface area contributed by atoms with Crippen LogP contribution in [0.15, 0.2) is 36.5 Å². The molecule has 1 aromatic heterocycles. The van der Waals surface area contributed by atoms with Crippen molar-refractivity contribution in [3.8, 4) is 17.0 Å². The highest BCUT2D eigenvalue weighted by molar-refractivity contribution is 5.67. The van der Waals surface area contributed by atoms with E-state index < -0.39 is 0 Å². The first kappa shape index (κ1) is 14.8. The van der Waals surface area contributed by atoms with E-state index in [-0.39, 0.29) is 0 Å². The normalized spacial score (nSPS) is 17.7. The number of hydrogen-bond donors (Lipinski definition) is 1. The molecule has 1 aliphatic heterocycles. The van der Waals surface area contributed by atoms with Gasteiger partial charge in [-0.3, -0.25) is 5.01 Å². The Balaban J connectivity index is 1.92. The van der Waals surface area contributed by atoms with E-state index in [4.69, 9.17) is 9.72 Å². The van der Waals surface area contributed by atoms with Crippen molar-refractivity contribution in [1.82, 2.24) is 15.4 Å². The molecule has 1 aliphatic rings. The molecule has 0 saturated carbocycles. The van der Waals surface area contributed by atoms with Gasteiger partial charge in [0.1, 0.15) is 5.75 Å². The molecule has 0 radical (unpaired) electrons. The summed E-state index contributed by atoms with van der Waals surface area (Å²) >= 11 is 0. The molecule has 3 rings (SSSR count). The van der Waals surface area contributed by atoms with Gasteiger partial charge in [0.25, 0.3) is 0 Å². The third kappa shape index (κ3) is 3.04. The van der Waals surface area contributed by atoms with Crippen LogP contribution in [0.25, 0.3) is 11.3 Å².